The average molecular weight is 459 g/mol. The number of ether oxygens (including phenoxy) is 1. The standard InChI is InChI=1S/C17H16ClIN2O3/c1-10-3-5-13(7-11(10)2)24-9-16(22)20-21-17(23)14-6-4-12(18)8-15(14)19/h3-8H,9H2,1-2H3,(H,20,22)(H,21,23). The molecule has 0 saturated heterocycles. The molecule has 2 aromatic rings. The second kappa shape index (κ2) is 8.34. The molecule has 2 rings (SSSR count). The smallest absolute Gasteiger partial charge is 0.276 e. The quantitative estimate of drug-likeness (QED) is 0.545. The predicted molar refractivity (Wildman–Crippen MR) is 101 cm³/mol. The minimum Gasteiger partial charge on any atom is -0.484 e. The fourth-order valence-corrected chi connectivity index (χ4v) is 2.97. The number of halogens is 2. The van der Waals surface area contributed by atoms with Crippen LogP contribution in [0.5, 0.6) is 5.75 Å². The number of hydrogen-bond donors (Lipinski definition) is 2. The number of hydrogen-bond acceptors (Lipinski definition) is 3. The SMILES string of the molecule is Cc1ccc(OCC(=O)NNC(=O)c2ccc(Cl)cc2I)cc1C. The Kier molecular flexibility index (Phi) is 6.44. The molecule has 0 aromatic heterocycles. The Morgan fingerprint density at radius 1 is 1.08 bits per heavy atom. The van der Waals surface area contributed by atoms with Crippen LogP contribution < -0.4 is 15.6 Å². The van der Waals surface area contributed by atoms with Gasteiger partial charge in [0.1, 0.15) is 5.75 Å². The molecule has 0 aliphatic carbocycles. The zero-order chi connectivity index (χ0) is 17.7. The third kappa shape index (κ3) is 5.10. The molecular formula is C17H16ClIN2O3. The molecule has 24 heavy (non-hydrogen) atoms. The van der Waals surface area contributed by atoms with Gasteiger partial charge in [-0.25, -0.2) is 0 Å². The van der Waals surface area contributed by atoms with Crippen LogP contribution in [0.25, 0.3) is 0 Å². The minimum atomic E-state index is -0.453. The van der Waals surface area contributed by atoms with Crippen LogP contribution in [0.4, 0.5) is 0 Å². The Morgan fingerprint density at radius 2 is 1.83 bits per heavy atom. The number of amides is 2. The lowest BCUT2D eigenvalue weighted by atomic mass is 10.1. The predicted octanol–water partition coefficient (Wildman–Crippen LogP) is 3.40. The third-order valence-electron chi connectivity index (χ3n) is 3.34. The number of rotatable bonds is 4. The number of aryl methyl sites for hydroxylation is 2. The van der Waals surface area contributed by atoms with Crippen LogP contribution in [-0.4, -0.2) is 18.4 Å². The third-order valence-corrected chi connectivity index (χ3v) is 4.47. The number of nitrogens with one attached hydrogen (secondary N) is 2. The molecule has 0 radical (unpaired) electrons. The maximum Gasteiger partial charge on any atom is 0.276 e. The zero-order valence-electron chi connectivity index (χ0n) is 13.2. The van der Waals surface area contributed by atoms with Crippen molar-refractivity contribution in [2.45, 2.75) is 13.8 Å². The number of hydrazine groups is 1. The van der Waals surface area contributed by atoms with E-state index in [-0.39, 0.29) is 6.61 Å². The largest absolute Gasteiger partial charge is 0.484 e. The molecule has 0 atom stereocenters. The second-order valence-electron chi connectivity index (χ2n) is 5.16. The molecule has 0 saturated carbocycles. The van der Waals surface area contributed by atoms with Gasteiger partial charge in [-0.2, -0.15) is 0 Å². The van der Waals surface area contributed by atoms with Gasteiger partial charge in [0, 0.05) is 8.59 Å². The lowest BCUT2D eigenvalue weighted by Crippen LogP contribution is -2.44. The number of benzene rings is 2. The van der Waals surface area contributed by atoms with Gasteiger partial charge in [-0.15, -0.1) is 0 Å². The average Bonchev–Trinajstić information content (AvgIpc) is 2.53. The van der Waals surface area contributed by atoms with Crippen molar-refractivity contribution in [2.75, 3.05) is 6.61 Å². The first-order valence-corrected chi connectivity index (χ1v) is 8.57. The maximum atomic E-state index is 12.0. The Bertz CT molecular complexity index is 780. The fourth-order valence-electron chi connectivity index (χ4n) is 1.86. The molecule has 2 N–H and O–H groups in total. The fraction of sp³-hybridized carbons (Fsp3) is 0.176. The molecule has 0 heterocycles. The van der Waals surface area contributed by atoms with Crippen LogP contribution in [0.15, 0.2) is 36.4 Å². The first-order chi connectivity index (χ1) is 11.4. The van der Waals surface area contributed by atoms with E-state index < -0.39 is 11.8 Å². The molecule has 0 spiro atoms. The Morgan fingerprint density at radius 3 is 2.50 bits per heavy atom. The summed E-state index contributed by atoms with van der Waals surface area (Å²) in [4.78, 5) is 23.8. The van der Waals surface area contributed by atoms with Gasteiger partial charge in [0.2, 0.25) is 0 Å². The highest BCUT2D eigenvalue weighted by atomic mass is 127. The molecule has 126 valence electrons. The van der Waals surface area contributed by atoms with Crippen LogP contribution in [0, 0.1) is 17.4 Å². The highest BCUT2D eigenvalue weighted by molar-refractivity contribution is 14.1. The van der Waals surface area contributed by atoms with Crippen molar-refractivity contribution in [3.63, 3.8) is 0 Å². The van der Waals surface area contributed by atoms with Crippen LogP contribution >= 0.6 is 34.2 Å². The molecule has 0 unspecified atom stereocenters. The summed E-state index contributed by atoms with van der Waals surface area (Å²) >= 11 is 7.85. The van der Waals surface area contributed by atoms with Crippen molar-refractivity contribution in [3.8, 4) is 5.75 Å². The van der Waals surface area contributed by atoms with E-state index in [0.717, 1.165) is 11.1 Å². The zero-order valence-corrected chi connectivity index (χ0v) is 16.1. The Hall–Kier alpha value is -1.80. The molecule has 0 aliphatic heterocycles. The van der Waals surface area contributed by atoms with Gasteiger partial charge in [0.15, 0.2) is 6.61 Å². The first kappa shape index (κ1) is 18.5. The van der Waals surface area contributed by atoms with Crippen molar-refractivity contribution in [3.05, 3.63) is 61.7 Å². The monoisotopic (exact) mass is 458 g/mol. The highest BCUT2D eigenvalue weighted by Crippen LogP contribution is 2.18. The van der Waals surface area contributed by atoms with E-state index in [4.69, 9.17) is 16.3 Å². The van der Waals surface area contributed by atoms with E-state index in [2.05, 4.69) is 10.9 Å². The van der Waals surface area contributed by atoms with Gasteiger partial charge in [-0.1, -0.05) is 17.7 Å². The van der Waals surface area contributed by atoms with Crippen molar-refractivity contribution in [1.29, 1.82) is 0 Å². The molecule has 2 amide bonds. The molecular weight excluding hydrogens is 443 g/mol. The number of carbonyl (C=O) groups is 2. The van der Waals surface area contributed by atoms with Crippen molar-refractivity contribution in [1.82, 2.24) is 10.9 Å². The Balaban J connectivity index is 1.84. The molecule has 7 heteroatoms. The van der Waals surface area contributed by atoms with Crippen LogP contribution in [0.3, 0.4) is 0 Å². The van der Waals surface area contributed by atoms with E-state index in [1.165, 1.54) is 0 Å². The molecule has 5 nitrogen and oxygen atoms in total. The lowest BCUT2D eigenvalue weighted by molar-refractivity contribution is -0.123. The topological polar surface area (TPSA) is 67.4 Å². The molecule has 0 fully saturated rings. The van der Waals surface area contributed by atoms with Crippen molar-refractivity contribution in [2.24, 2.45) is 0 Å². The summed E-state index contributed by atoms with van der Waals surface area (Å²) in [5, 5.41) is 0.543. The summed E-state index contributed by atoms with van der Waals surface area (Å²) in [6.45, 7) is 3.77. The van der Waals surface area contributed by atoms with Crippen molar-refractivity contribution < 1.29 is 14.3 Å². The van der Waals surface area contributed by atoms with E-state index in [0.29, 0.717) is 19.9 Å². The summed E-state index contributed by atoms with van der Waals surface area (Å²) in [6, 6.07) is 10.5. The maximum absolute atomic E-state index is 12.0. The van der Waals surface area contributed by atoms with Crippen molar-refractivity contribution >= 4 is 46.0 Å². The van der Waals surface area contributed by atoms with Gasteiger partial charge in [0.05, 0.1) is 5.56 Å². The van der Waals surface area contributed by atoms with Gasteiger partial charge in [0.25, 0.3) is 11.8 Å². The second-order valence-corrected chi connectivity index (χ2v) is 6.76. The van der Waals surface area contributed by atoms with Gasteiger partial charge in [-0.3, -0.25) is 20.4 Å². The van der Waals surface area contributed by atoms with Crippen LogP contribution in [-0.2, 0) is 4.79 Å². The Labute approximate surface area is 158 Å². The summed E-state index contributed by atoms with van der Waals surface area (Å²) in [5.74, 6) is -0.270. The molecule has 2 aromatic carbocycles. The first-order valence-electron chi connectivity index (χ1n) is 7.11. The van der Waals surface area contributed by atoms with Gasteiger partial charge < -0.3 is 4.74 Å². The van der Waals surface area contributed by atoms with E-state index >= 15 is 0 Å². The minimum absolute atomic E-state index is 0.194. The van der Waals surface area contributed by atoms with E-state index in [9.17, 15) is 9.59 Å². The van der Waals surface area contributed by atoms with Crippen LogP contribution in [0.1, 0.15) is 21.5 Å². The molecule has 0 aliphatic rings. The normalized spacial score (nSPS) is 10.2. The van der Waals surface area contributed by atoms with E-state index in [1.54, 1.807) is 24.3 Å². The number of carbonyl (C=O) groups excluding carboxylic acids is 2. The van der Waals surface area contributed by atoms with Gasteiger partial charge in [-0.05, 0) is 77.9 Å². The summed E-state index contributed by atoms with van der Waals surface area (Å²) in [5.41, 5.74) is 7.33. The van der Waals surface area contributed by atoms with E-state index in [1.807, 2.05) is 48.6 Å². The van der Waals surface area contributed by atoms with Crippen LogP contribution in [0.2, 0.25) is 5.02 Å². The molecule has 0 bridgehead atoms. The van der Waals surface area contributed by atoms with Gasteiger partial charge >= 0.3 is 0 Å². The summed E-state index contributed by atoms with van der Waals surface area (Å²) < 4.78 is 6.09. The lowest BCUT2D eigenvalue weighted by Gasteiger charge is -2.10. The summed E-state index contributed by atoms with van der Waals surface area (Å²) in [6.07, 6.45) is 0. The highest BCUT2D eigenvalue weighted by Gasteiger charge is 2.11. The summed E-state index contributed by atoms with van der Waals surface area (Å²) in [7, 11) is 0.